The zero-order valence-corrected chi connectivity index (χ0v) is 9.93. The van der Waals surface area contributed by atoms with Crippen molar-refractivity contribution in [2.24, 2.45) is 0 Å². The number of benzene rings is 1. The first-order chi connectivity index (χ1) is 6.57. The molecular formula is C10H9BrClO2-. The number of carbonyl (C=O) groups is 1. The molecule has 0 saturated heterocycles. The molecule has 0 heterocycles. The smallest absolute Gasteiger partial charge is 0.0718 e. The highest BCUT2D eigenvalue weighted by Crippen LogP contribution is 2.27. The van der Waals surface area contributed by atoms with Crippen LogP contribution in [0.3, 0.4) is 0 Å². The van der Waals surface area contributed by atoms with Crippen LogP contribution in [0, 0.1) is 0 Å². The summed E-state index contributed by atoms with van der Waals surface area (Å²) in [5.41, 5.74) is 1.71. The highest BCUT2D eigenvalue weighted by molar-refractivity contribution is 9.08. The summed E-state index contributed by atoms with van der Waals surface area (Å²) in [5.74, 6) is -1.17. The third-order valence-corrected chi connectivity index (χ3v) is 2.79. The van der Waals surface area contributed by atoms with Crippen molar-refractivity contribution < 1.29 is 9.90 Å². The van der Waals surface area contributed by atoms with Crippen LogP contribution in [-0.2, 0) is 5.33 Å². The van der Waals surface area contributed by atoms with Crippen molar-refractivity contribution >= 4 is 33.5 Å². The minimum atomic E-state index is -1.17. The topological polar surface area (TPSA) is 40.1 Å². The first-order valence-electron chi connectivity index (χ1n) is 4.11. The van der Waals surface area contributed by atoms with Crippen molar-refractivity contribution in [3.05, 3.63) is 34.9 Å². The minimum absolute atomic E-state index is 0.201. The van der Waals surface area contributed by atoms with Crippen LogP contribution in [0.2, 0.25) is 0 Å². The van der Waals surface area contributed by atoms with Crippen molar-refractivity contribution in [1.29, 1.82) is 0 Å². The second-order valence-electron chi connectivity index (χ2n) is 2.91. The van der Waals surface area contributed by atoms with Crippen LogP contribution in [0.4, 0.5) is 0 Å². The summed E-state index contributed by atoms with van der Waals surface area (Å²) in [6.07, 6.45) is 0. The average Bonchev–Trinajstić information content (AvgIpc) is 2.16. The molecular weight excluding hydrogens is 267 g/mol. The summed E-state index contributed by atoms with van der Waals surface area (Å²) in [7, 11) is 0. The molecule has 0 aliphatic rings. The van der Waals surface area contributed by atoms with E-state index in [1.807, 2.05) is 13.0 Å². The molecule has 1 unspecified atom stereocenters. The number of carboxylic acid groups (broad SMARTS) is 1. The van der Waals surface area contributed by atoms with Crippen molar-refractivity contribution in [1.82, 2.24) is 0 Å². The summed E-state index contributed by atoms with van der Waals surface area (Å²) >= 11 is 9.18. The highest BCUT2D eigenvalue weighted by atomic mass is 79.9. The molecule has 0 amide bonds. The lowest BCUT2D eigenvalue weighted by molar-refractivity contribution is -0.255. The van der Waals surface area contributed by atoms with Gasteiger partial charge in [0.25, 0.3) is 0 Å². The molecule has 0 radical (unpaired) electrons. The zero-order chi connectivity index (χ0) is 10.7. The Hall–Kier alpha value is -0.540. The fraction of sp³-hybridized carbons (Fsp3) is 0.300. The van der Waals surface area contributed by atoms with Crippen molar-refractivity contribution in [3.8, 4) is 0 Å². The lowest BCUT2D eigenvalue weighted by Crippen LogP contribution is -2.24. The predicted molar refractivity (Wildman–Crippen MR) is 57.7 cm³/mol. The van der Waals surface area contributed by atoms with Gasteiger partial charge < -0.3 is 9.90 Å². The van der Waals surface area contributed by atoms with Gasteiger partial charge in [-0.1, -0.05) is 34.1 Å². The number of aromatic carboxylic acids is 1. The molecule has 1 aromatic carbocycles. The van der Waals surface area contributed by atoms with E-state index in [0.29, 0.717) is 10.9 Å². The summed E-state index contributed by atoms with van der Waals surface area (Å²) in [4.78, 5) is 10.8. The van der Waals surface area contributed by atoms with Crippen molar-refractivity contribution in [2.45, 2.75) is 17.6 Å². The van der Waals surface area contributed by atoms with E-state index in [-0.39, 0.29) is 10.9 Å². The van der Waals surface area contributed by atoms with Crippen LogP contribution in [0.1, 0.15) is 33.8 Å². The van der Waals surface area contributed by atoms with E-state index >= 15 is 0 Å². The Morgan fingerprint density at radius 3 is 2.71 bits per heavy atom. The van der Waals surface area contributed by atoms with Gasteiger partial charge in [0, 0.05) is 10.9 Å². The second-order valence-corrected chi connectivity index (χ2v) is 4.13. The Morgan fingerprint density at radius 2 is 2.29 bits per heavy atom. The molecule has 0 bridgehead atoms. The van der Waals surface area contributed by atoms with Gasteiger partial charge >= 0.3 is 0 Å². The van der Waals surface area contributed by atoms with E-state index in [1.54, 1.807) is 6.07 Å². The zero-order valence-electron chi connectivity index (χ0n) is 7.59. The number of rotatable bonds is 3. The molecule has 1 rings (SSSR count). The number of carboxylic acids is 1. The fourth-order valence-corrected chi connectivity index (χ4v) is 2.15. The third-order valence-electron chi connectivity index (χ3n) is 1.99. The molecule has 1 aromatic rings. The summed E-state index contributed by atoms with van der Waals surface area (Å²) in [5, 5.41) is 11.0. The van der Waals surface area contributed by atoms with Crippen LogP contribution in [0.25, 0.3) is 0 Å². The van der Waals surface area contributed by atoms with Gasteiger partial charge in [-0.25, -0.2) is 0 Å². The number of hydrogen-bond donors (Lipinski definition) is 0. The number of carbonyl (C=O) groups excluding carboxylic acids is 1. The Morgan fingerprint density at radius 1 is 1.64 bits per heavy atom. The van der Waals surface area contributed by atoms with E-state index in [9.17, 15) is 9.90 Å². The van der Waals surface area contributed by atoms with Crippen LogP contribution < -0.4 is 5.11 Å². The van der Waals surface area contributed by atoms with Gasteiger partial charge in [-0.05, 0) is 18.1 Å². The van der Waals surface area contributed by atoms with Gasteiger partial charge in [0.1, 0.15) is 0 Å². The molecule has 0 aliphatic heterocycles. The van der Waals surface area contributed by atoms with Crippen LogP contribution in [-0.4, -0.2) is 5.97 Å². The van der Waals surface area contributed by atoms with Gasteiger partial charge in [-0.3, -0.25) is 0 Å². The standard InChI is InChI=1S/C10H10BrClO2/c1-6(12)7-3-2-4-8(10(13)14)9(7)5-11/h2-4,6H,5H2,1H3,(H,13,14)/p-1. The fourth-order valence-electron chi connectivity index (χ4n) is 1.32. The van der Waals surface area contributed by atoms with Gasteiger partial charge in [0.15, 0.2) is 0 Å². The third kappa shape index (κ3) is 2.28. The monoisotopic (exact) mass is 275 g/mol. The van der Waals surface area contributed by atoms with E-state index < -0.39 is 5.97 Å². The van der Waals surface area contributed by atoms with E-state index in [0.717, 1.165) is 5.56 Å². The maximum absolute atomic E-state index is 10.8. The summed E-state index contributed by atoms with van der Waals surface area (Å²) < 4.78 is 0. The Balaban J connectivity index is 3.32. The first kappa shape index (κ1) is 11.5. The van der Waals surface area contributed by atoms with Gasteiger partial charge in [0.05, 0.1) is 11.3 Å². The molecule has 0 spiro atoms. The molecule has 0 N–H and O–H groups in total. The number of halogens is 2. The number of alkyl halides is 2. The summed E-state index contributed by atoms with van der Waals surface area (Å²) in [6.45, 7) is 1.81. The van der Waals surface area contributed by atoms with Crippen molar-refractivity contribution in [3.63, 3.8) is 0 Å². The molecule has 1 atom stereocenters. The molecule has 0 fully saturated rings. The van der Waals surface area contributed by atoms with Crippen LogP contribution >= 0.6 is 27.5 Å². The molecule has 14 heavy (non-hydrogen) atoms. The molecule has 0 aromatic heterocycles. The van der Waals surface area contributed by atoms with E-state index in [2.05, 4.69) is 15.9 Å². The predicted octanol–water partition coefficient (Wildman–Crippen LogP) is 2.24. The summed E-state index contributed by atoms with van der Waals surface area (Å²) in [6, 6.07) is 5.01. The van der Waals surface area contributed by atoms with Gasteiger partial charge in [-0.2, -0.15) is 0 Å². The molecule has 2 nitrogen and oxygen atoms in total. The highest BCUT2D eigenvalue weighted by Gasteiger charge is 2.11. The van der Waals surface area contributed by atoms with Gasteiger partial charge in [-0.15, -0.1) is 11.6 Å². The maximum Gasteiger partial charge on any atom is 0.0718 e. The molecule has 0 saturated carbocycles. The SMILES string of the molecule is CC(Cl)c1cccc(C(=O)[O-])c1CBr. The van der Waals surface area contributed by atoms with Crippen LogP contribution in [0.5, 0.6) is 0 Å². The Labute approximate surface area is 96.0 Å². The maximum atomic E-state index is 10.8. The van der Waals surface area contributed by atoms with E-state index in [4.69, 9.17) is 11.6 Å². The first-order valence-corrected chi connectivity index (χ1v) is 5.67. The normalized spacial score (nSPS) is 12.5. The molecule has 4 heteroatoms. The van der Waals surface area contributed by atoms with Crippen molar-refractivity contribution in [2.75, 3.05) is 0 Å². The minimum Gasteiger partial charge on any atom is -0.545 e. The molecule has 76 valence electrons. The number of hydrogen-bond acceptors (Lipinski definition) is 2. The van der Waals surface area contributed by atoms with E-state index in [1.165, 1.54) is 6.07 Å². The van der Waals surface area contributed by atoms with Gasteiger partial charge in [0.2, 0.25) is 0 Å². The lowest BCUT2D eigenvalue weighted by Gasteiger charge is -2.14. The quantitative estimate of drug-likeness (QED) is 0.795. The largest absolute Gasteiger partial charge is 0.545 e. The van der Waals surface area contributed by atoms with Crippen LogP contribution in [0.15, 0.2) is 18.2 Å². The average molecular weight is 277 g/mol. The lowest BCUT2D eigenvalue weighted by atomic mass is 10.0. The Bertz CT molecular complexity index is 350. The Kier molecular flexibility index (Phi) is 3.96. The molecule has 0 aliphatic carbocycles. The second kappa shape index (κ2) is 4.80.